The number of rotatable bonds is 9. The lowest BCUT2D eigenvalue weighted by Gasteiger charge is -2.04. The van der Waals surface area contributed by atoms with Gasteiger partial charge in [-0.15, -0.1) is 11.8 Å². The molecule has 18 heavy (non-hydrogen) atoms. The monoisotopic (exact) mass is 250 g/mol. The van der Waals surface area contributed by atoms with E-state index in [1.54, 1.807) is 12.8 Å². The average Bonchev–Trinajstić information content (AvgIpc) is 2.38. The highest BCUT2D eigenvalue weighted by atomic mass is 16.5. The second-order valence-electron chi connectivity index (χ2n) is 3.85. The average molecular weight is 250 g/mol. The van der Waals surface area contributed by atoms with E-state index in [-0.39, 0.29) is 0 Å². The molecule has 0 aliphatic carbocycles. The molecular weight excluding hydrogens is 228 g/mol. The van der Waals surface area contributed by atoms with Crippen molar-refractivity contribution in [3.63, 3.8) is 0 Å². The molecule has 0 saturated carbocycles. The summed E-state index contributed by atoms with van der Waals surface area (Å²) in [6.45, 7) is 2.16. The highest BCUT2D eigenvalue weighted by molar-refractivity contribution is 5.80. The summed E-state index contributed by atoms with van der Waals surface area (Å²) in [4.78, 5) is 10.7. The molecule has 3 nitrogen and oxygen atoms in total. The van der Waals surface area contributed by atoms with Crippen LogP contribution in [0, 0.1) is 37.5 Å². The Morgan fingerprint density at radius 3 is 2.78 bits per heavy atom. The zero-order valence-corrected chi connectivity index (χ0v) is 11.2. The van der Waals surface area contributed by atoms with Gasteiger partial charge in [-0.05, 0) is 25.7 Å². The van der Waals surface area contributed by atoms with Gasteiger partial charge in [-0.3, -0.25) is 4.79 Å². The third-order valence-electron chi connectivity index (χ3n) is 2.22. The minimum Gasteiger partial charge on any atom is -0.469 e. The van der Waals surface area contributed by atoms with Gasteiger partial charge in [-0.25, -0.2) is 0 Å². The Labute approximate surface area is 111 Å². The normalized spacial score (nSPS) is 11.5. The van der Waals surface area contributed by atoms with Crippen molar-refractivity contribution in [1.29, 1.82) is 0 Å². The van der Waals surface area contributed by atoms with Crippen molar-refractivity contribution in [3.8, 4) is 11.8 Å². The van der Waals surface area contributed by atoms with E-state index in [1.165, 1.54) is 32.8 Å². The lowest BCUT2D eigenvalue weighted by molar-refractivity contribution is -0.136. The van der Waals surface area contributed by atoms with Gasteiger partial charge < -0.3 is 9.84 Å². The van der Waals surface area contributed by atoms with Crippen LogP contribution in [0.3, 0.4) is 0 Å². The molecule has 0 aliphatic rings. The number of hydrogen-bond donors (Lipinski definition) is 1. The van der Waals surface area contributed by atoms with Crippen molar-refractivity contribution in [1.82, 2.24) is 0 Å². The summed E-state index contributed by atoms with van der Waals surface area (Å²) in [6, 6.07) is 0. The van der Waals surface area contributed by atoms with Gasteiger partial charge in [0.05, 0.1) is 19.6 Å². The first kappa shape index (κ1) is 17.0. The molecule has 0 rings (SSSR count). The zero-order chi connectivity index (χ0) is 13.6. The molecule has 3 heteroatoms. The number of aliphatic hydroxyl groups is 1. The van der Waals surface area contributed by atoms with Crippen molar-refractivity contribution in [2.45, 2.75) is 45.1 Å². The molecule has 0 aromatic carbocycles. The number of carbonyl (C=O) groups is 1. The van der Waals surface area contributed by atoms with E-state index in [0.29, 0.717) is 6.42 Å². The number of ether oxygens (including phenoxy) is 1. The molecule has 100 valence electrons. The number of unbranched alkanes of at least 4 members (excludes halogenated alkanes) is 4. The molecule has 0 unspecified atom stereocenters. The minimum atomic E-state index is -0.592. The predicted molar refractivity (Wildman–Crippen MR) is 71.8 cm³/mol. The topological polar surface area (TPSA) is 46.5 Å². The van der Waals surface area contributed by atoms with E-state index < -0.39 is 12.1 Å². The molecule has 0 aliphatic heterocycles. The van der Waals surface area contributed by atoms with Crippen LogP contribution in [-0.2, 0) is 9.53 Å². The van der Waals surface area contributed by atoms with Crippen LogP contribution < -0.4 is 0 Å². The second-order valence-corrected chi connectivity index (χ2v) is 3.85. The molecule has 0 amide bonds. The van der Waals surface area contributed by atoms with Crippen molar-refractivity contribution in [2.75, 3.05) is 7.11 Å². The standard InChI is InChI=1S/C15H22O3/c1-3-4-5-6-7-8-11-14(16)12-9-10-13-15(17)18-2/h9-10,12-14,16H,3-6,11H2,1-2H3/t14-/m1/s1. The Morgan fingerprint density at radius 1 is 1.33 bits per heavy atom. The molecule has 0 fully saturated rings. The number of hydrogen-bond acceptors (Lipinski definition) is 3. The quantitative estimate of drug-likeness (QED) is 0.388. The summed E-state index contributed by atoms with van der Waals surface area (Å²) in [5, 5.41) is 9.53. The van der Waals surface area contributed by atoms with Crippen molar-refractivity contribution in [2.24, 2.45) is 0 Å². The van der Waals surface area contributed by atoms with E-state index >= 15 is 0 Å². The van der Waals surface area contributed by atoms with Gasteiger partial charge in [0.2, 0.25) is 0 Å². The lowest BCUT2D eigenvalue weighted by atomic mass is 10.1. The Morgan fingerprint density at radius 2 is 2.11 bits per heavy atom. The number of aliphatic hydroxyl groups excluding tert-OH is 1. The van der Waals surface area contributed by atoms with E-state index in [2.05, 4.69) is 23.5 Å². The van der Waals surface area contributed by atoms with Crippen LogP contribution >= 0.6 is 0 Å². The Kier molecular flexibility index (Phi) is 11.7. The molecule has 1 N–H and O–H groups in total. The Hall–Kier alpha value is -1.01. The summed E-state index contributed by atoms with van der Waals surface area (Å²) in [5.74, 6) is 5.56. The van der Waals surface area contributed by atoms with Gasteiger partial charge in [0.1, 0.15) is 0 Å². The maximum Gasteiger partial charge on any atom is 0.309 e. The van der Waals surface area contributed by atoms with Crippen LogP contribution in [0.15, 0.2) is 0 Å². The number of carbonyl (C=O) groups excluding carboxylic acids is 1. The summed E-state index contributed by atoms with van der Waals surface area (Å²) in [7, 11) is 1.32. The van der Waals surface area contributed by atoms with Gasteiger partial charge in [0, 0.05) is 12.8 Å². The minimum absolute atomic E-state index is 0.412. The summed E-state index contributed by atoms with van der Waals surface area (Å²) in [6.07, 6.45) is 10.3. The third kappa shape index (κ3) is 11.5. The van der Waals surface area contributed by atoms with Crippen molar-refractivity contribution >= 4 is 5.97 Å². The van der Waals surface area contributed by atoms with Gasteiger partial charge in [-0.1, -0.05) is 19.8 Å². The second kappa shape index (κ2) is 12.4. The molecule has 0 heterocycles. The third-order valence-corrected chi connectivity index (χ3v) is 2.22. The summed E-state index contributed by atoms with van der Waals surface area (Å²) < 4.78 is 4.42. The Bertz CT molecular complexity index is 263. The fraction of sp³-hybridized carbons (Fsp3) is 0.533. The van der Waals surface area contributed by atoms with Crippen LogP contribution in [-0.4, -0.2) is 24.3 Å². The van der Waals surface area contributed by atoms with E-state index in [0.717, 1.165) is 12.8 Å². The zero-order valence-electron chi connectivity index (χ0n) is 11.2. The van der Waals surface area contributed by atoms with Gasteiger partial charge in [0.15, 0.2) is 0 Å². The lowest BCUT2D eigenvalue weighted by Crippen LogP contribution is -2.08. The maximum atomic E-state index is 10.7. The Balaban J connectivity index is 3.41. The number of methoxy groups -OCH3 is 1. The molecule has 1 atom stereocenters. The SMILES string of the molecule is CCCCCC#CC[C@@H](O)[CH][CH][CH][CH]C(=O)OC. The van der Waals surface area contributed by atoms with Gasteiger partial charge in [0.25, 0.3) is 0 Å². The van der Waals surface area contributed by atoms with Gasteiger partial charge in [-0.2, -0.15) is 0 Å². The molecule has 4 radical (unpaired) electrons. The molecule has 0 aromatic heterocycles. The smallest absolute Gasteiger partial charge is 0.309 e. The first-order chi connectivity index (χ1) is 8.70. The maximum absolute atomic E-state index is 10.7. The van der Waals surface area contributed by atoms with Gasteiger partial charge >= 0.3 is 5.97 Å². The molecule has 0 spiro atoms. The fourth-order valence-electron chi connectivity index (χ4n) is 1.19. The van der Waals surface area contributed by atoms with Crippen LogP contribution in [0.5, 0.6) is 0 Å². The highest BCUT2D eigenvalue weighted by Crippen LogP contribution is 2.03. The molecule has 0 aromatic rings. The first-order valence-corrected chi connectivity index (χ1v) is 6.27. The van der Waals surface area contributed by atoms with Crippen LogP contribution in [0.1, 0.15) is 39.0 Å². The van der Waals surface area contributed by atoms with E-state index in [9.17, 15) is 9.90 Å². The predicted octanol–water partition coefficient (Wildman–Crippen LogP) is 2.31. The first-order valence-electron chi connectivity index (χ1n) is 6.27. The van der Waals surface area contributed by atoms with E-state index in [4.69, 9.17) is 0 Å². The molecular formula is C15H22O3. The number of esters is 1. The fourth-order valence-corrected chi connectivity index (χ4v) is 1.19. The van der Waals surface area contributed by atoms with Crippen LogP contribution in [0.2, 0.25) is 0 Å². The van der Waals surface area contributed by atoms with Crippen LogP contribution in [0.25, 0.3) is 0 Å². The summed E-state index contributed by atoms with van der Waals surface area (Å²) >= 11 is 0. The van der Waals surface area contributed by atoms with E-state index in [1.807, 2.05) is 0 Å². The largest absolute Gasteiger partial charge is 0.469 e. The van der Waals surface area contributed by atoms with Crippen LogP contribution in [0.4, 0.5) is 0 Å². The van der Waals surface area contributed by atoms with Crippen molar-refractivity contribution in [3.05, 3.63) is 25.7 Å². The molecule has 0 bridgehead atoms. The highest BCUT2D eigenvalue weighted by Gasteiger charge is 2.05. The summed E-state index contributed by atoms with van der Waals surface area (Å²) in [5.41, 5.74) is 0. The molecule has 0 saturated heterocycles. The van der Waals surface area contributed by atoms with Crippen molar-refractivity contribution < 1.29 is 14.6 Å².